The van der Waals surface area contributed by atoms with Gasteiger partial charge < -0.3 is 20.8 Å². The molecule has 0 bridgehead atoms. The van der Waals surface area contributed by atoms with Crippen LogP contribution in [0.4, 0.5) is 0 Å². The summed E-state index contributed by atoms with van der Waals surface area (Å²) in [4.78, 5) is 32.4. The van der Waals surface area contributed by atoms with Crippen LogP contribution >= 0.6 is 0 Å². The Morgan fingerprint density at radius 1 is 1.31 bits per heavy atom. The molecule has 4 N–H and O–H groups in total. The Balaban J connectivity index is 2.37. The molecule has 0 aromatic carbocycles. The van der Waals surface area contributed by atoms with E-state index in [9.17, 15) is 14.4 Å². The Hall–Kier alpha value is -1.63. The van der Waals surface area contributed by atoms with Gasteiger partial charge in [0.15, 0.2) is 0 Å². The van der Waals surface area contributed by atoms with Crippen molar-refractivity contribution in [3.8, 4) is 0 Å². The number of hydrogen-bond acceptors (Lipinski definition) is 4. The fourth-order valence-electron chi connectivity index (χ4n) is 1.38. The summed E-state index contributed by atoms with van der Waals surface area (Å²) in [6.07, 6.45) is -0.375. The van der Waals surface area contributed by atoms with Gasteiger partial charge in [0.1, 0.15) is 6.04 Å². The molecule has 1 saturated heterocycles. The van der Waals surface area contributed by atoms with Gasteiger partial charge in [0.05, 0.1) is 6.42 Å². The molecule has 1 amide bonds. The third kappa shape index (κ3) is 3.85. The summed E-state index contributed by atoms with van der Waals surface area (Å²) in [6.45, 7) is 1.48. The molecule has 7 nitrogen and oxygen atoms in total. The van der Waals surface area contributed by atoms with Crippen LogP contribution in [-0.4, -0.2) is 47.2 Å². The number of carbonyl (C=O) groups excluding carboxylic acids is 1. The van der Waals surface area contributed by atoms with Crippen molar-refractivity contribution in [3.63, 3.8) is 0 Å². The first-order valence-electron chi connectivity index (χ1n) is 4.93. The van der Waals surface area contributed by atoms with Crippen LogP contribution < -0.4 is 10.6 Å². The van der Waals surface area contributed by atoms with Gasteiger partial charge in [0.2, 0.25) is 5.91 Å². The first-order valence-corrected chi connectivity index (χ1v) is 4.93. The summed E-state index contributed by atoms with van der Waals surface area (Å²) >= 11 is 0. The van der Waals surface area contributed by atoms with Gasteiger partial charge >= 0.3 is 11.9 Å². The average Bonchev–Trinajstić information content (AvgIpc) is 2.09. The molecule has 0 aliphatic carbocycles. The molecule has 1 unspecified atom stereocenters. The molecular formula is C9H14N2O5. The van der Waals surface area contributed by atoms with Crippen LogP contribution in [0.3, 0.4) is 0 Å². The van der Waals surface area contributed by atoms with E-state index in [1.807, 2.05) is 0 Å². The van der Waals surface area contributed by atoms with Crippen molar-refractivity contribution in [2.75, 3.05) is 13.1 Å². The summed E-state index contributed by atoms with van der Waals surface area (Å²) in [5.74, 6) is -2.78. The average molecular weight is 230 g/mol. The zero-order valence-electron chi connectivity index (χ0n) is 8.60. The number of hydrogen-bond donors (Lipinski definition) is 4. The van der Waals surface area contributed by atoms with Crippen molar-refractivity contribution >= 4 is 17.8 Å². The molecule has 1 aliphatic heterocycles. The lowest BCUT2D eigenvalue weighted by molar-refractivity contribution is -0.147. The maximum absolute atomic E-state index is 11.3. The molecule has 1 aliphatic rings. The predicted molar refractivity (Wildman–Crippen MR) is 52.8 cm³/mol. The Bertz CT molecular complexity index is 300. The quantitative estimate of drug-likeness (QED) is 0.448. The standard InChI is InChI=1S/C9H14N2O5/c12-7(1-5-3-10-4-5)11-6(9(15)16)2-8(13)14/h5-6,10H,1-4H2,(H,11,12)(H,13,14)(H,15,16). The molecule has 1 fully saturated rings. The van der Waals surface area contributed by atoms with Gasteiger partial charge in [-0.3, -0.25) is 9.59 Å². The van der Waals surface area contributed by atoms with Gasteiger partial charge in [0, 0.05) is 6.42 Å². The van der Waals surface area contributed by atoms with Crippen molar-refractivity contribution < 1.29 is 24.6 Å². The second-order valence-electron chi connectivity index (χ2n) is 3.78. The van der Waals surface area contributed by atoms with E-state index in [0.717, 1.165) is 13.1 Å². The van der Waals surface area contributed by atoms with Crippen molar-refractivity contribution in [2.45, 2.75) is 18.9 Å². The first kappa shape index (κ1) is 12.4. The number of aliphatic carboxylic acids is 2. The topological polar surface area (TPSA) is 116 Å². The van der Waals surface area contributed by atoms with E-state index in [4.69, 9.17) is 10.2 Å². The lowest BCUT2D eigenvalue weighted by Gasteiger charge is -2.26. The van der Waals surface area contributed by atoms with E-state index in [1.165, 1.54) is 0 Å². The second-order valence-corrected chi connectivity index (χ2v) is 3.78. The number of nitrogens with one attached hydrogen (secondary N) is 2. The number of rotatable bonds is 6. The molecule has 1 atom stereocenters. The minimum Gasteiger partial charge on any atom is -0.481 e. The fourth-order valence-corrected chi connectivity index (χ4v) is 1.38. The molecule has 1 rings (SSSR count). The third-order valence-corrected chi connectivity index (χ3v) is 2.35. The molecule has 1 heterocycles. The number of carboxylic acid groups (broad SMARTS) is 2. The molecule has 16 heavy (non-hydrogen) atoms. The van der Waals surface area contributed by atoms with Gasteiger partial charge in [-0.05, 0) is 19.0 Å². The van der Waals surface area contributed by atoms with Gasteiger partial charge in [-0.25, -0.2) is 4.79 Å². The summed E-state index contributed by atoms with van der Waals surface area (Å²) < 4.78 is 0. The molecule has 0 saturated carbocycles. The normalized spacial score (nSPS) is 17.2. The van der Waals surface area contributed by atoms with Crippen molar-refractivity contribution in [1.82, 2.24) is 10.6 Å². The lowest BCUT2D eigenvalue weighted by Crippen LogP contribution is -2.47. The van der Waals surface area contributed by atoms with E-state index in [0.29, 0.717) is 0 Å². The van der Waals surface area contributed by atoms with Crippen LogP contribution in [0.25, 0.3) is 0 Å². The Labute approximate surface area is 91.8 Å². The summed E-state index contributed by atoms with van der Waals surface area (Å²) in [5.41, 5.74) is 0. The molecule has 0 aromatic heterocycles. The van der Waals surface area contributed by atoms with E-state index in [-0.39, 0.29) is 12.3 Å². The number of carbonyl (C=O) groups is 3. The van der Waals surface area contributed by atoms with Crippen LogP contribution in [0.5, 0.6) is 0 Å². The van der Waals surface area contributed by atoms with Gasteiger partial charge in [-0.15, -0.1) is 0 Å². The van der Waals surface area contributed by atoms with Crippen LogP contribution in [0.2, 0.25) is 0 Å². The van der Waals surface area contributed by atoms with E-state index in [2.05, 4.69) is 10.6 Å². The predicted octanol–water partition coefficient (Wildman–Crippen LogP) is -1.36. The minimum absolute atomic E-state index is 0.222. The maximum Gasteiger partial charge on any atom is 0.326 e. The summed E-state index contributed by atoms with van der Waals surface area (Å²) in [5, 5.41) is 22.3. The van der Waals surface area contributed by atoms with E-state index < -0.39 is 30.3 Å². The SMILES string of the molecule is O=C(O)CC(NC(=O)CC1CNC1)C(=O)O. The second kappa shape index (κ2) is 5.45. The molecule has 0 aromatic rings. The Morgan fingerprint density at radius 3 is 2.31 bits per heavy atom. The lowest BCUT2D eigenvalue weighted by atomic mass is 9.99. The van der Waals surface area contributed by atoms with Crippen molar-refractivity contribution in [3.05, 3.63) is 0 Å². The largest absolute Gasteiger partial charge is 0.481 e. The monoisotopic (exact) mass is 230 g/mol. The molecule has 0 spiro atoms. The summed E-state index contributed by atoms with van der Waals surface area (Å²) in [7, 11) is 0. The molecular weight excluding hydrogens is 216 g/mol. The van der Waals surface area contributed by atoms with Gasteiger partial charge in [0.25, 0.3) is 0 Å². The van der Waals surface area contributed by atoms with E-state index >= 15 is 0 Å². The van der Waals surface area contributed by atoms with E-state index in [1.54, 1.807) is 0 Å². The van der Waals surface area contributed by atoms with Crippen LogP contribution in [0.15, 0.2) is 0 Å². The van der Waals surface area contributed by atoms with Crippen molar-refractivity contribution in [2.24, 2.45) is 5.92 Å². The molecule has 7 heteroatoms. The highest BCUT2D eigenvalue weighted by atomic mass is 16.4. The zero-order chi connectivity index (χ0) is 12.1. The summed E-state index contributed by atoms with van der Waals surface area (Å²) in [6, 6.07) is -1.35. The maximum atomic E-state index is 11.3. The number of amides is 1. The number of carboxylic acids is 2. The molecule has 0 radical (unpaired) electrons. The minimum atomic E-state index is -1.35. The smallest absolute Gasteiger partial charge is 0.326 e. The van der Waals surface area contributed by atoms with Crippen LogP contribution in [0.1, 0.15) is 12.8 Å². The Kier molecular flexibility index (Phi) is 4.24. The zero-order valence-corrected chi connectivity index (χ0v) is 8.60. The highest BCUT2D eigenvalue weighted by Gasteiger charge is 2.26. The highest BCUT2D eigenvalue weighted by Crippen LogP contribution is 2.08. The van der Waals surface area contributed by atoms with Gasteiger partial charge in [-0.1, -0.05) is 0 Å². The van der Waals surface area contributed by atoms with Crippen LogP contribution in [0, 0.1) is 5.92 Å². The molecule has 90 valence electrons. The van der Waals surface area contributed by atoms with Crippen LogP contribution in [-0.2, 0) is 14.4 Å². The van der Waals surface area contributed by atoms with Gasteiger partial charge in [-0.2, -0.15) is 0 Å². The Morgan fingerprint density at radius 2 is 1.94 bits per heavy atom. The van der Waals surface area contributed by atoms with Crippen molar-refractivity contribution in [1.29, 1.82) is 0 Å². The third-order valence-electron chi connectivity index (χ3n) is 2.35. The first-order chi connectivity index (χ1) is 7.49. The highest BCUT2D eigenvalue weighted by molar-refractivity contribution is 5.86. The fraction of sp³-hybridized carbons (Fsp3) is 0.667.